The van der Waals surface area contributed by atoms with Gasteiger partial charge in [0.25, 0.3) is 0 Å². The molecule has 0 saturated carbocycles. The van der Waals surface area contributed by atoms with Crippen molar-refractivity contribution in [3.8, 4) is 5.75 Å². The highest BCUT2D eigenvalue weighted by Gasteiger charge is 2.02. The van der Waals surface area contributed by atoms with Gasteiger partial charge in [-0.3, -0.25) is 0 Å². The fourth-order valence-electron chi connectivity index (χ4n) is 1.35. The van der Waals surface area contributed by atoms with Gasteiger partial charge in [0.2, 0.25) is 0 Å². The van der Waals surface area contributed by atoms with Gasteiger partial charge in [-0.1, -0.05) is 30.3 Å². The Hall–Kier alpha value is -1.18. The molecule has 0 heterocycles. The van der Waals surface area contributed by atoms with Crippen LogP contribution >= 0.6 is 0 Å². The Balaban J connectivity index is 2.98. The minimum Gasteiger partial charge on any atom is -0.489 e. The van der Waals surface area contributed by atoms with Crippen LogP contribution in [-0.2, 0) is 0 Å². The third-order valence-electron chi connectivity index (χ3n) is 1.83. The summed E-state index contributed by atoms with van der Waals surface area (Å²) in [6.45, 7) is 8.11. The SMILES string of the molecule is [B]c1cc(C)c(OCC=C)c(C)c1. The molecule has 0 N–H and O–H groups in total. The highest BCUT2D eigenvalue weighted by molar-refractivity contribution is 6.32. The van der Waals surface area contributed by atoms with E-state index in [9.17, 15) is 0 Å². The summed E-state index contributed by atoms with van der Waals surface area (Å²) in [7, 11) is 5.68. The van der Waals surface area contributed by atoms with Gasteiger partial charge in [-0.05, 0) is 25.0 Å². The molecule has 1 rings (SSSR count). The summed E-state index contributed by atoms with van der Waals surface area (Å²) in [6, 6.07) is 3.82. The van der Waals surface area contributed by atoms with Crippen LogP contribution in [0.3, 0.4) is 0 Å². The molecule has 2 radical (unpaired) electrons. The predicted molar refractivity (Wildman–Crippen MR) is 57.0 cm³/mol. The van der Waals surface area contributed by atoms with Gasteiger partial charge in [-0.2, -0.15) is 0 Å². The lowest BCUT2D eigenvalue weighted by Crippen LogP contribution is -2.06. The number of aryl methyl sites for hydroxylation is 2. The molecule has 0 bridgehead atoms. The molecule has 0 atom stereocenters. The molecule has 1 aromatic rings. The maximum absolute atomic E-state index is 5.68. The van der Waals surface area contributed by atoms with Gasteiger partial charge in [-0.25, -0.2) is 0 Å². The number of hydrogen-bond acceptors (Lipinski definition) is 1. The normalized spacial score (nSPS) is 9.69. The maximum atomic E-state index is 5.68. The highest BCUT2D eigenvalue weighted by Crippen LogP contribution is 2.20. The van der Waals surface area contributed by atoms with Gasteiger partial charge in [0, 0.05) is 0 Å². The smallest absolute Gasteiger partial charge is 0.125 e. The molecule has 0 amide bonds. The maximum Gasteiger partial charge on any atom is 0.125 e. The Kier molecular flexibility index (Phi) is 3.18. The zero-order chi connectivity index (χ0) is 9.84. The first-order valence-corrected chi connectivity index (χ1v) is 4.25. The molecule has 1 aromatic carbocycles. The molecular formula is C11H13BO. The van der Waals surface area contributed by atoms with Crippen LogP contribution in [0.25, 0.3) is 0 Å². The molecule has 0 aliphatic rings. The first-order valence-electron chi connectivity index (χ1n) is 4.25. The van der Waals surface area contributed by atoms with E-state index in [1.54, 1.807) is 6.08 Å². The average Bonchev–Trinajstić information content (AvgIpc) is 2.02. The van der Waals surface area contributed by atoms with Crippen molar-refractivity contribution in [2.75, 3.05) is 6.61 Å². The summed E-state index contributed by atoms with van der Waals surface area (Å²) in [5, 5.41) is 0. The van der Waals surface area contributed by atoms with E-state index >= 15 is 0 Å². The van der Waals surface area contributed by atoms with Crippen molar-refractivity contribution in [3.63, 3.8) is 0 Å². The molecule has 0 aromatic heterocycles. The second-order valence-corrected chi connectivity index (χ2v) is 3.08. The van der Waals surface area contributed by atoms with Crippen molar-refractivity contribution in [2.24, 2.45) is 0 Å². The monoisotopic (exact) mass is 172 g/mol. The van der Waals surface area contributed by atoms with Crippen LogP contribution in [0.4, 0.5) is 0 Å². The van der Waals surface area contributed by atoms with Crippen LogP contribution in [0.5, 0.6) is 5.75 Å². The third-order valence-corrected chi connectivity index (χ3v) is 1.83. The van der Waals surface area contributed by atoms with Crippen LogP contribution < -0.4 is 10.2 Å². The van der Waals surface area contributed by atoms with Gasteiger partial charge >= 0.3 is 0 Å². The summed E-state index contributed by atoms with van der Waals surface area (Å²) in [5.74, 6) is 0.911. The first-order chi connectivity index (χ1) is 6.15. The first kappa shape index (κ1) is 9.91. The Morgan fingerprint density at radius 2 is 1.92 bits per heavy atom. The van der Waals surface area contributed by atoms with Crippen molar-refractivity contribution in [1.82, 2.24) is 0 Å². The lowest BCUT2D eigenvalue weighted by atomic mass is 9.92. The number of rotatable bonds is 3. The fourth-order valence-corrected chi connectivity index (χ4v) is 1.35. The summed E-state index contributed by atoms with van der Waals surface area (Å²) in [4.78, 5) is 0. The second kappa shape index (κ2) is 4.17. The van der Waals surface area contributed by atoms with Crippen molar-refractivity contribution in [1.29, 1.82) is 0 Å². The standard InChI is InChI=1S/C11H13BO/c1-4-5-13-11-8(2)6-10(12)7-9(11)3/h4,6-7H,1,5H2,2-3H3. The summed E-state index contributed by atoms with van der Waals surface area (Å²) in [5.41, 5.74) is 2.92. The molecule has 0 aliphatic carbocycles. The van der Waals surface area contributed by atoms with Crippen LogP contribution in [-0.4, -0.2) is 14.5 Å². The Bertz CT molecular complexity index is 295. The molecule has 0 fully saturated rings. The zero-order valence-electron chi connectivity index (χ0n) is 8.13. The highest BCUT2D eigenvalue weighted by atomic mass is 16.5. The zero-order valence-corrected chi connectivity index (χ0v) is 8.13. The second-order valence-electron chi connectivity index (χ2n) is 3.08. The van der Waals surface area contributed by atoms with Crippen molar-refractivity contribution < 1.29 is 4.74 Å². The molecule has 0 spiro atoms. The van der Waals surface area contributed by atoms with E-state index in [0.717, 1.165) is 22.3 Å². The molecule has 0 saturated heterocycles. The fraction of sp³-hybridized carbons (Fsp3) is 0.273. The molecule has 2 heteroatoms. The van der Waals surface area contributed by atoms with Crippen LogP contribution in [0.2, 0.25) is 0 Å². The van der Waals surface area contributed by atoms with Gasteiger partial charge in [0.1, 0.15) is 20.2 Å². The lowest BCUT2D eigenvalue weighted by Gasteiger charge is -2.11. The van der Waals surface area contributed by atoms with Crippen LogP contribution in [0.1, 0.15) is 11.1 Å². The average molecular weight is 172 g/mol. The minimum absolute atomic E-state index is 0.533. The van der Waals surface area contributed by atoms with Crippen LogP contribution in [0, 0.1) is 13.8 Å². The Morgan fingerprint density at radius 1 is 1.38 bits per heavy atom. The van der Waals surface area contributed by atoms with E-state index in [0.29, 0.717) is 6.61 Å². The minimum atomic E-state index is 0.533. The summed E-state index contributed by atoms with van der Waals surface area (Å²) < 4.78 is 5.50. The molecule has 0 unspecified atom stereocenters. The topological polar surface area (TPSA) is 9.23 Å². The van der Waals surface area contributed by atoms with E-state index in [2.05, 4.69) is 6.58 Å². The van der Waals surface area contributed by atoms with E-state index < -0.39 is 0 Å². The van der Waals surface area contributed by atoms with E-state index in [1.807, 2.05) is 26.0 Å². The molecular weight excluding hydrogens is 159 g/mol. The third kappa shape index (κ3) is 2.38. The number of benzene rings is 1. The molecule has 66 valence electrons. The Morgan fingerprint density at radius 3 is 2.38 bits per heavy atom. The quantitative estimate of drug-likeness (QED) is 0.497. The summed E-state index contributed by atoms with van der Waals surface area (Å²) >= 11 is 0. The van der Waals surface area contributed by atoms with E-state index in [1.165, 1.54) is 0 Å². The van der Waals surface area contributed by atoms with Crippen molar-refractivity contribution in [3.05, 3.63) is 35.9 Å². The number of hydrogen-bond donors (Lipinski definition) is 0. The van der Waals surface area contributed by atoms with Gasteiger partial charge < -0.3 is 4.74 Å². The summed E-state index contributed by atoms with van der Waals surface area (Å²) in [6.07, 6.45) is 1.73. The van der Waals surface area contributed by atoms with Gasteiger partial charge in [-0.15, -0.1) is 0 Å². The predicted octanol–water partition coefficient (Wildman–Crippen LogP) is 1.66. The molecule has 1 nitrogen and oxygen atoms in total. The van der Waals surface area contributed by atoms with E-state index in [-0.39, 0.29) is 0 Å². The molecule has 0 aliphatic heterocycles. The lowest BCUT2D eigenvalue weighted by molar-refractivity contribution is 0.358. The molecule has 13 heavy (non-hydrogen) atoms. The largest absolute Gasteiger partial charge is 0.489 e. The van der Waals surface area contributed by atoms with Gasteiger partial charge in [0.15, 0.2) is 0 Å². The van der Waals surface area contributed by atoms with Crippen molar-refractivity contribution >= 4 is 13.3 Å². The van der Waals surface area contributed by atoms with E-state index in [4.69, 9.17) is 12.6 Å². The van der Waals surface area contributed by atoms with Gasteiger partial charge in [0.05, 0.1) is 0 Å². The number of ether oxygens (including phenoxy) is 1. The van der Waals surface area contributed by atoms with Crippen molar-refractivity contribution in [2.45, 2.75) is 13.8 Å². The van der Waals surface area contributed by atoms with Crippen LogP contribution in [0.15, 0.2) is 24.8 Å². The Labute approximate surface area is 80.8 Å².